The molecule has 0 radical (unpaired) electrons. The van der Waals surface area contributed by atoms with E-state index in [-0.39, 0.29) is 18.3 Å². The van der Waals surface area contributed by atoms with E-state index in [4.69, 9.17) is 9.15 Å². The van der Waals surface area contributed by atoms with Gasteiger partial charge in [-0.15, -0.1) is 0 Å². The van der Waals surface area contributed by atoms with Crippen LogP contribution in [-0.4, -0.2) is 27.8 Å². The first-order chi connectivity index (χ1) is 13.6. The van der Waals surface area contributed by atoms with E-state index in [1.165, 1.54) is 0 Å². The van der Waals surface area contributed by atoms with Crippen LogP contribution in [0.15, 0.2) is 69.6 Å². The van der Waals surface area contributed by atoms with Gasteiger partial charge in [-0.2, -0.15) is 0 Å². The molecule has 0 aliphatic heterocycles. The minimum absolute atomic E-state index is 0.213. The molecule has 0 aliphatic rings. The number of furan rings is 1. The Morgan fingerprint density at radius 3 is 2.71 bits per heavy atom. The average Bonchev–Trinajstić information content (AvgIpc) is 3.33. The van der Waals surface area contributed by atoms with Crippen molar-refractivity contribution in [3.05, 3.63) is 82.5 Å². The molecule has 2 aromatic heterocycles. The molecule has 0 saturated carbocycles. The second kappa shape index (κ2) is 7.90. The second-order valence-corrected chi connectivity index (χ2v) is 7.29. The molecule has 0 aliphatic carbocycles. The fourth-order valence-electron chi connectivity index (χ4n) is 2.82. The van der Waals surface area contributed by atoms with Gasteiger partial charge in [0.25, 0.3) is 5.91 Å². The number of H-pyrrole nitrogens is 1. The van der Waals surface area contributed by atoms with Crippen LogP contribution in [0.2, 0.25) is 0 Å². The van der Waals surface area contributed by atoms with E-state index in [1.807, 2.05) is 48.5 Å². The minimum Gasteiger partial charge on any atom is -0.486 e. The first-order valence-electron chi connectivity index (χ1n) is 8.74. The van der Waals surface area contributed by atoms with Gasteiger partial charge < -0.3 is 19.0 Å². The Balaban J connectivity index is 1.38. The van der Waals surface area contributed by atoms with E-state index in [1.54, 1.807) is 24.1 Å². The number of halogens is 1. The number of rotatable bonds is 6. The number of aromatic amines is 1. The second-order valence-electron chi connectivity index (χ2n) is 6.37. The average molecular weight is 440 g/mol. The lowest BCUT2D eigenvalue weighted by molar-refractivity contribution is 0.0746. The number of hydrogen-bond donors (Lipinski definition) is 1. The summed E-state index contributed by atoms with van der Waals surface area (Å²) in [4.78, 5) is 21.9. The number of fused-ring (bicyclic) bond motifs is 1. The predicted octanol–water partition coefficient (Wildman–Crippen LogP) is 4.77. The van der Waals surface area contributed by atoms with E-state index in [9.17, 15) is 4.79 Å². The molecule has 0 bridgehead atoms. The van der Waals surface area contributed by atoms with Crippen molar-refractivity contribution in [2.45, 2.75) is 13.2 Å². The highest BCUT2D eigenvalue weighted by molar-refractivity contribution is 9.10. The third-order valence-corrected chi connectivity index (χ3v) is 4.77. The monoisotopic (exact) mass is 439 g/mol. The van der Waals surface area contributed by atoms with E-state index in [0.29, 0.717) is 12.3 Å². The molecule has 4 rings (SSSR count). The lowest BCUT2D eigenvalue weighted by Crippen LogP contribution is -2.26. The van der Waals surface area contributed by atoms with Gasteiger partial charge in [0.05, 0.1) is 17.6 Å². The summed E-state index contributed by atoms with van der Waals surface area (Å²) in [5.74, 6) is 2.10. The highest BCUT2D eigenvalue weighted by Gasteiger charge is 2.18. The number of carbonyl (C=O) groups is 1. The first-order valence-corrected chi connectivity index (χ1v) is 9.54. The fraction of sp³-hybridized carbons (Fsp3) is 0.143. The number of amides is 1. The molecule has 142 valence electrons. The van der Waals surface area contributed by atoms with Crippen molar-refractivity contribution in [1.29, 1.82) is 0 Å². The number of nitrogens with one attached hydrogen (secondary N) is 1. The Labute approximate surface area is 170 Å². The van der Waals surface area contributed by atoms with Gasteiger partial charge in [0.15, 0.2) is 5.76 Å². The van der Waals surface area contributed by atoms with Crippen LogP contribution in [0.5, 0.6) is 5.75 Å². The summed E-state index contributed by atoms with van der Waals surface area (Å²) < 4.78 is 12.3. The summed E-state index contributed by atoms with van der Waals surface area (Å²) >= 11 is 3.38. The maximum Gasteiger partial charge on any atom is 0.289 e. The molecule has 0 fully saturated rings. The summed E-state index contributed by atoms with van der Waals surface area (Å²) in [6, 6.07) is 18.7. The van der Waals surface area contributed by atoms with Gasteiger partial charge in [0.1, 0.15) is 23.9 Å². The number of ether oxygens (including phenoxy) is 1. The van der Waals surface area contributed by atoms with E-state index in [2.05, 4.69) is 25.9 Å². The zero-order valence-electron chi connectivity index (χ0n) is 15.2. The quantitative estimate of drug-likeness (QED) is 0.469. The number of aromatic nitrogens is 2. The van der Waals surface area contributed by atoms with Crippen LogP contribution in [0.25, 0.3) is 11.0 Å². The number of carbonyl (C=O) groups excluding carboxylic acids is 1. The lowest BCUT2D eigenvalue weighted by Gasteiger charge is -2.13. The van der Waals surface area contributed by atoms with Gasteiger partial charge >= 0.3 is 0 Å². The molecular weight excluding hydrogens is 422 g/mol. The standard InChI is InChI=1S/C21H18BrN3O3/c1-25(12-20-23-17-4-2-3-5-18(17)24-20)21(26)19-11-10-16(28-19)13-27-15-8-6-14(22)7-9-15/h2-11H,12-13H2,1H3,(H,23,24). The first kappa shape index (κ1) is 18.3. The molecule has 2 aromatic carbocycles. The number of imidazole rings is 1. The van der Waals surface area contributed by atoms with Crippen molar-refractivity contribution in [2.24, 2.45) is 0 Å². The Morgan fingerprint density at radius 2 is 1.93 bits per heavy atom. The molecule has 0 unspecified atom stereocenters. The molecule has 28 heavy (non-hydrogen) atoms. The third kappa shape index (κ3) is 4.09. The normalized spacial score (nSPS) is 10.9. The largest absolute Gasteiger partial charge is 0.486 e. The van der Waals surface area contributed by atoms with Crippen molar-refractivity contribution in [3.63, 3.8) is 0 Å². The Bertz CT molecular complexity index is 1070. The van der Waals surface area contributed by atoms with Crippen LogP contribution in [0.3, 0.4) is 0 Å². The maximum atomic E-state index is 12.6. The van der Waals surface area contributed by atoms with Crippen LogP contribution < -0.4 is 4.74 Å². The van der Waals surface area contributed by atoms with Gasteiger partial charge in [-0.1, -0.05) is 28.1 Å². The van der Waals surface area contributed by atoms with Crippen LogP contribution in [0.1, 0.15) is 22.1 Å². The molecule has 0 spiro atoms. The summed E-state index contributed by atoms with van der Waals surface area (Å²) in [6.45, 7) is 0.612. The van der Waals surface area contributed by atoms with Crippen LogP contribution in [-0.2, 0) is 13.2 Å². The maximum absolute atomic E-state index is 12.6. The summed E-state index contributed by atoms with van der Waals surface area (Å²) in [5.41, 5.74) is 1.83. The molecule has 0 atom stereocenters. The Kier molecular flexibility index (Phi) is 5.16. The van der Waals surface area contributed by atoms with E-state index >= 15 is 0 Å². The van der Waals surface area contributed by atoms with Gasteiger partial charge in [-0.3, -0.25) is 4.79 Å². The number of hydrogen-bond acceptors (Lipinski definition) is 4. The predicted molar refractivity (Wildman–Crippen MR) is 109 cm³/mol. The molecule has 2 heterocycles. The fourth-order valence-corrected chi connectivity index (χ4v) is 3.09. The molecule has 0 saturated heterocycles. The zero-order valence-corrected chi connectivity index (χ0v) is 16.8. The highest BCUT2D eigenvalue weighted by Crippen LogP contribution is 2.19. The number of benzene rings is 2. The van der Waals surface area contributed by atoms with Gasteiger partial charge in [-0.25, -0.2) is 4.98 Å². The summed E-state index contributed by atoms with van der Waals surface area (Å²) in [6.07, 6.45) is 0. The molecule has 7 heteroatoms. The SMILES string of the molecule is CN(Cc1nc2ccccc2[nH]1)C(=O)c1ccc(COc2ccc(Br)cc2)o1. The number of nitrogens with zero attached hydrogens (tertiary/aromatic N) is 2. The molecule has 6 nitrogen and oxygen atoms in total. The number of para-hydroxylation sites is 2. The highest BCUT2D eigenvalue weighted by atomic mass is 79.9. The smallest absolute Gasteiger partial charge is 0.289 e. The zero-order chi connectivity index (χ0) is 19.5. The van der Waals surface area contributed by atoms with Crippen molar-refractivity contribution in [1.82, 2.24) is 14.9 Å². The molecule has 4 aromatic rings. The lowest BCUT2D eigenvalue weighted by atomic mass is 10.3. The van der Waals surface area contributed by atoms with Crippen molar-refractivity contribution in [2.75, 3.05) is 7.05 Å². The van der Waals surface area contributed by atoms with E-state index < -0.39 is 0 Å². The minimum atomic E-state index is -0.213. The van der Waals surface area contributed by atoms with E-state index in [0.717, 1.165) is 27.1 Å². The topological polar surface area (TPSA) is 71.4 Å². The van der Waals surface area contributed by atoms with Crippen molar-refractivity contribution in [3.8, 4) is 5.75 Å². The Morgan fingerprint density at radius 1 is 1.14 bits per heavy atom. The van der Waals surface area contributed by atoms with Crippen LogP contribution in [0, 0.1) is 0 Å². The van der Waals surface area contributed by atoms with Crippen LogP contribution >= 0.6 is 15.9 Å². The van der Waals surface area contributed by atoms with Crippen molar-refractivity contribution < 1.29 is 13.9 Å². The van der Waals surface area contributed by atoms with Crippen molar-refractivity contribution >= 4 is 32.9 Å². The molecule has 1 N–H and O–H groups in total. The van der Waals surface area contributed by atoms with Gasteiger partial charge in [-0.05, 0) is 48.5 Å². The van der Waals surface area contributed by atoms with Gasteiger partial charge in [0, 0.05) is 11.5 Å². The third-order valence-electron chi connectivity index (χ3n) is 4.24. The van der Waals surface area contributed by atoms with Crippen LogP contribution in [0.4, 0.5) is 0 Å². The molecular formula is C21H18BrN3O3. The molecule has 1 amide bonds. The summed E-state index contributed by atoms with van der Waals surface area (Å²) in [7, 11) is 1.72. The van der Waals surface area contributed by atoms with Gasteiger partial charge in [0.2, 0.25) is 0 Å². The summed E-state index contributed by atoms with van der Waals surface area (Å²) in [5, 5.41) is 0. The Hall–Kier alpha value is -3.06.